The maximum atomic E-state index is 12.2. The molecule has 0 fully saturated rings. The third-order valence-corrected chi connectivity index (χ3v) is 4.91. The van der Waals surface area contributed by atoms with Crippen molar-refractivity contribution in [3.8, 4) is 0 Å². The van der Waals surface area contributed by atoms with Crippen molar-refractivity contribution in [1.82, 2.24) is 19.8 Å². The van der Waals surface area contributed by atoms with Crippen molar-refractivity contribution < 1.29 is 4.79 Å². The number of hydrogen-bond acceptors (Lipinski definition) is 4. The molecule has 1 N–H and O–H groups in total. The molecule has 0 saturated heterocycles. The SMILES string of the molecule is Cn1ccnc1CCNCC(=O)N1CCc2sccc2C1. The van der Waals surface area contributed by atoms with Crippen LogP contribution >= 0.6 is 11.3 Å². The molecular weight excluding hydrogens is 284 g/mol. The molecule has 2 aromatic heterocycles. The van der Waals surface area contributed by atoms with Gasteiger partial charge in [-0.05, 0) is 23.4 Å². The molecule has 1 aliphatic rings. The van der Waals surface area contributed by atoms with Crippen molar-refractivity contribution in [1.29, 1.82) is 0 Å². The fourth-order valence-electron chi connectivity index (χ4n) is 2.61. The molecule has 0 saturated carbocycles. The maximum absolute atomic E-state index is 12.2. The summed E-state index contributed by atoms with van der Waals surface area (Å²) < 4.78 is 2.01. The van der Waals surface area contributed by atoms with Crippen molar-refractivity contribution in [2.24, 2.45) is 7.05 Å². The molecule has 1 amide bonds. The van der Waals surface area contributed by atoms with Crippen LogP contribution in [0.2, 0.25) is 0 Å². The number of nitrogens with zero attached hydrogens (tertiary/aromatic N) is 3. The Kier molecular flexibility index (Phi) is 4.36. The molecular formula is C15H20N4OS. The number of hydrogen-bond donors (Lipinski definition) is 1. The third kappa shape index (κ3) is 3.33. The molecule has 112 valence electrons. The number of thiophene rings is 1. The molecule has 21 heavy (non-hydrogen) atoms. The molecule has 0 atom stereocenters. The van der Waals surface area contributed by atoms with E-state index in [4.69, 9.17) is 0 Å². The quantitative estimate of drug-likeness (QED) is 0.845. The highest BCUT2D eigenvalue weighted by atomic mass is 32.1. The van der Waals surface area contributed by atoms with Crippen LogP contribution < -0.4 is 5.32 Å². The smallest absolute Gasteiger partial charge is 0.236 e. The Labute approximate surface area is 128 Å². The Balaban J connectivity index is 1.42. The highest BCUT2D eigenvalue weighted by Crippen LogP contribution is 2.23. The summed E-state index contributed by atoms with van der Waals surface area (Å²) in [5.41, 5.74) is 1.31. The van der Waals surface area contributed by atoms with Gasteiger partial charge in [-0.3, -0.25) is 4.79 Å². The molecule has 0 unspecified atom stereocenters. The summed E-state index contributed by atoms with van der Waals surface area (Å²) in [6.45, 7) is 2.78. The zero-order chi connectivity index (χ0) is 14.7. The van der Waals surface area contributed by atoms with Crippen molar-refractivity contribution in [3.63, 3.8) is 0 Å². The van der Waals surface area contributed by atoms with Crippen molar-refractivity contribution in [3.05, 3.63) is 40.1 Å². The molecule has 3 heterocycles. The lowest BCUT2D eigenvalue weighted by Crippen LogP contribution is -2.41. The summed E-state index contributed by atoms with van der Waals surface area (Å²) in [5.74, 6) is 1.22. The summed E-state index contributed by atoms with van der Waals surface area (Å²) in [4.78, 5) is 19.9. The first-order chi connectivity index (χ1) is 10.2. The predicted molar refractivity (Wildman–Crippen MR) is 83.2 cm³/mol. The minimum Gasteiger partial charge on any atom is -0.338 e. The summed E-state index contributed by atoms with van der Waals surface area (Å²) in [7, 11) is 1.99. The second-order valence-electron chi connectivity index (χ2n) is 5.32. The number of amides is 1. The van der Waals surface area contributed by atoms with Crippen LogP contribution in [0, 0.1) is 0 Å². The van der Waals surface area contributed by atoms with Crippen LogP contribution in [-0.4, -0.2) is 40.0 Å². The second-order valence-corrected chi connectivity index (χ2v) is 6.32. The van der Waals surface area contributed by atoms with Gasteiger partial charge in [-0.1, -0.05) is 0 Å². The fourth-order valence-corrected chi connectivity index (χ4v) is 3.50. The second kappa shape index (κ2) is 6.41. The third-order valence-electron chi connectivity index (χ3n) is 3.88. The number of aryl methyl sites for hydroxylation is 1. The van der Waals surface area contributed by atoms with Crippen molar-refractivity contribution in [2.45, 2.75) is 19.4 Å². The summed E-state index contributed by atoms with van der Waals surface area (Å²) >= 11 is 1.80. The van der Waals surface area contributed by atoms with Gasteiger partial charge < -0.3 is 14.8 Å². The molecule has 1 aliphatic heterocycles. The highest BCUT2D eigenvalue weighted by Gasteiger charge is 2.20. The van der Waals surface area contributed by atoms with Crippen LogP contribution in [0.3, 0.4) is 0 Å². The van der Waals surface area contributed by atoms with Gasteiger partial charge in [0.15, 0.2) is 0 Å². The van der Waals surface area contributed by atoms with Gasteiger partial charge >= 0.3 is 0 Å². The lowest BCUT2D eigenvalue weighted by atomic mass is 10.1. The molecule has 3 rings (SSSR count). The van der Waals surface area contributed by atoms with Gasteiger partial charge in [0.05, 0.1) is 6.54 Å². The van der Waals surface area contributed by atoms with Crippen LogP contribution in [0.25, 0.3) is 0 Å². The van der Waals surface area contributed by atoms with Gasteiger partial charge in [0.25, 0.3) is 0 Å². The van der Waals surface area contributed by atoms with Gasteiger partial charge in [-0.25, -0.2) is 4.98 Å². The zero-order valence-electron chi connectivity index (χ0n) is 12.2. The molecule has 2 aromatic rings. The molecule has 0 aromatic carbocycles. The monoisotopic (exact) mass is 304 g/mol. The van der Waals surface area contributed by atoms with Crippen molar-refractivity contribution in [2.75, 3.05) is 19.6 Å². The fraction of sp³-hybridized carbons (Fsp3) is 0.467. The largest absolute Gasteiger partial charge is 0.338 e. The minimum atomic E-state index is 0.187. The first kappa shape index (κ1) is 14.3. The van der Waals surface area contributed by atoms with Gasteiger partial charge in [0.1, 0.15) is 5.82 Å². The standard InChI is InChI=1S/C15H20N4OS/c1-18-8-6-17-14(18)2-5-16-10-15(20)19-7-3-13-12(11-19)4-9-21-13/h4,6,8-9,16H,2-3,5,7,10-11H2,1H3. The Morgan fingerprint density at radius 1 is 1.52 bits per heavy atom. The summed E-state index contributed by atoms with van der Waals surface area (Å²) in [6, 6.07) is 2.13. The highest BCUT2D eigenvalue weighted by molar-refractivity contribution is 7.10. The number of fused-ring (bicyclic) bond motifs is 1. The number of aromatic nitrogens is 2. The van der Waals surface area contributed by atoms with Gasteiger partial charge in [0.2, 0.25) is 5.91 Å². The van der Waals surface area contributed by atoms with Gasteiger partial charge in [0, 0.05) is 50.4 Å². The van der Waals surface area contributed by atoms with Gasteiger partial charge in [-0.2, -0.15) is 0 Å². The number of rotatable bonds is 5. The normalized spacial score (nSPS) is 14.2. The van der Waals surface area contributed by atoms with E-state index < -0.39 is 0 Å². The predicted octanol–water partition coefficient (Wildman–Crippen LogP) is 1.20. The average molecular weight is 304 g/mol. The molecule has 5 nitrogen and oxygen atoms in total. The molecule has 0 aliphatic carbocycles. The summed E-state index contributed by atoms with van der Waals surface area (Å²) in [5, 5.41) is 5.34. The van der Waals surface area contributed by atoms with E-state index in [1.54, 1.807) is 17.5 Å². The Morgan fingerprint density at radius 2 is 2.43 bits per heavy atom. The number of carbonyl (C=O) groups excluding carboxylic acids is 1. The van der Waals surface area contributed by atoms with E-state index in [2.05, 4.69) is 21.7 Å². The Hall–Kier alpha value is -1.66. The van der Waals surface area contributed by atoms with Crippen molar-refractivity contribution >= 4 is 17.2 Å². The minimum absolute atomic E-state index is 0.187. The lowest BCUT2D eigenvalue weighted by Gasteiger charge is -2.27. The van der Waals surface area contributed by atoms with E-state index >= 15 is 0 Å². The van der Waals surface area contributed by atoms with E-state index in [9.17, 15) is 4.79 Å². The number of carbonyl (C=O) groups is 1. The van der Waals surface area contributed by atoms with Gasteiger partial charge in [-0.15, -0.1) is 11.3 Å². The van der Waals surface area contributed by atoms with E-state index in [1.165, 1.54) is 10.4 Å². The first-order valence-electron chi connectivity index (χ1n) is 7.24. The Morgan fingerprint density at radius 3 is 3.24 bits per heavy atom. The van der Waals surface area contributed by atoms with Crippen LogP contribution in [0.1, 0.15) is 16.3 Å². The zero-order valence-corrected chi connectivity index (χ0v) is 13.0. The summed E-state index contributed by atoms with van der Waals surface area (Å²) in [6.07, 6.45) is 5.57. The molecule has 0 bridgehead atoms. The van der Waals surface area contributed by atoms with Crippen LogP contribution in [-0.2, 0) is 31.2 Å². The van der Waals surface area contributed by atoms with Crippen LogP contribution in [0.5, 0.6) is 0 Å². The molecule has 0 spiro atoms. The molecule has 6 heteroatoms. The first-order valence-corrected chi connectivity index (χ1v) is 8.12. The maximum Gasteiger partial charge on any atom is 0.236 e. The topological polar surface area (TPSA) is 50.2 Å². The number of nitrogens with one attached hydrogen (secondary N) is 1. The van der Waals surface area contributed by atoms with E-state index in [-0.39, 0.29) is 5.91 Å². The van der Waals surface area contributed by atoms with E-state index in [0.29, 0.717) is 6.54 Å². The average Bonchev–Trinajstić information content (AvgIpc) is 3.11. The lowest BCUT2D eigenvalue weighted by molar-refractivity contribution is -0.131. The van der Waals surface area contributed by atoms with E-state index in [0.717, 1.165) is 38.3 Å². The van der Waals surface area contributed by atoms with E-state index in [1.807, 2.05) is 22.7 Å². The molecule has 0 radical (unpaired) electrons. The number of imidazole rings is 1. The van der Waals surface area contributed by atoms with Crippen LogP contribution in [0.4, 0.5) is 0 Å². The Bertz CT molecular complexity index is 619. The van der Waals surface area contributed by atoms with Crippen LogP contribution in [0.15, 0.2) is 23.8 Å².